The lowest BCUT2D eigenvalue weighted by Gasteiger charge is -2.25. The molecule has 0 saturated heterocycles. The lowest BCUT2D eigenvalue weighted by molar-refractivity contribution is 0.112. The Bertz CT molecular complexity index is 413. The van der Waals surface area contributed by atoms with Gasteiger partial charge in [-0.2, -0.15) is 0 Å². The zero-order valence-electron chi connectivity index (χ0n) is 13.4. The van der Waals surface area contributed by atoms with Crippen LogP contribution < -0.4 is 4.90 Å². The molecule has 0 amide bonds. The molecule has 0 aliphatic carbocycles. The largest absolute Gasteiger partial charge is 0.372 e. The molecule has 0 saturated carbocycles. The maximum absolute atomic E-state index is 10.9. The first-order valence-electron chi connectivity index (χ1n) is 7.69. The highest BCUT2D eigenvalue weighted by Crippen LogP contribution is 2.18. The summed E-state index contributed by atoms with van der Waals surface area (Å²) in [5, 5.41) is 0. The van der Waals surface area contributed by atoms with Crippen LogP contribution >= 0.6 is 0 Å². The van der Waals surface area contributed by atoms with Gasteiger partial charge in [0.1, 0.15) is 6.29 Å². The average Bonchev–Trinajstić information content (AvgIpc) is 2.47. The van der Waals surface area contributed by atoms with Crippen LogP contribution in [0, 0.1) is 6.92 Å². The molecule has 0 bridgehead atoms. The van der Waals surface area contributed by atoms with Crippen LogP contribution in [0.3, 0.4) is 0 Å². The highest BCUT2D eigenvalue weighted by molar-refractivity contribution is 5.78. The van der Waals surface area contributed by atoms with Gasteiger partial charge in [0.25, 0.3) is 0 Å². The van der Waals surface area contributed by atoms with Gasteiger partial charge in [-0.25, -0.2) is 0 Å². The van der Waals surface area contributed by atoms with Gasteiger partial charge in [0.15, 0.2) is 0 Å². The number of aldehydes is 1. The molecule has 0 fully saturated rings. The van der Waals surface area contributed by atoms with Gasteiger partial charge in [-0.1, -0.05) is 13.8 Å². The molecular formula is C17H28N2O. The number of carbonyl (C=O) groups is 1. The van der Waals surface area contributed by atoms with Crippen molar-refractivity contribution in [3.05, 3.63) is 29.3 Å². The summed E-state index contributed by atoms with van der Waals surface area (Å²) in [7, 11) is 0. The van der Waals surface area contributed by atoms with E-state index in [1.54, 1.807) is 0 Å². The van der Waals surface area contributed by atoms with Crippen LogP contribution in [-0.4, -0.2) is 43.9 Å². The summed E-state index contributed by atoms with van der Waals surface area (Å²) >= 11 is 0. The molecule has 0 aliphatic heterocycles. The lowest BCUT2D eigenvalue weighted by Crippen LogP contribution is -2.30. The fourth-order valence-electron chi connectivity index (χ4n) is 2.48. The molecule has 0 radical (unpaired) electrons. The number of benzene rings is 1. The van der Waals surface area contributed by atoms with E-state index in [0.717, 1.165) is 50.1 Å². The van der Waals surface area contributed by atoms with Crippen LogP contribution in [0.2, 0.25) is 0 Å². The van der Waals surface area contributed by atoms with E-state index in [2.05, 4.69) is 42.7 Å². The highest BCUT2D eigenvalue weighted by atomic mass is 16.1. The predicted octanol–water partition coefficient (Wildman–Crippen LogP) is 3.37. The van der Waals surface area contributed by atoms with Gasteiger partial charge in [-0.3, -0.25) is 4.79 Å². The molecule has 0 aromatic heterocycles. The van der Waals surface area contributed by atoms with E-state index in [-0.39, 0.29) is 0 Å². The summed E-state index contributed by atoms with van der Waals surface area (Å²) in [5.74, 6) is 0. The van der Waals surface area contributed by atoms with Gasteiger partial charge in [0, 0.05) is 24.3 Å². The molecule has 0 spiro atoms. The fourth-order valence-corrected chi connectivity index (χ4v) is 2.48. The van der Waals surface area contributed by atoms with Crippen molar-refractivity contribution in [2.24, 2.45) is 0 Å². The molecule has 0 N–H and O–H groups in total. The van der Waals surface area contributed by atoms with Gasteiger partial charge in [-0.15, -0.1) is 0 Å². The van der Waals surface area contributed by atoms with Crippen LogP contribution in [-0.2, 0) is 0 Å². The number of nitrogens with zero attached hydrogens (tertiary/aromatic N) is 2. The molecule has 3 nitrogen and oxygen atoms in total. The maximum atomic E-state index is 10.9. The Kier molecular flexibility index (Phi) is 7.31. The number of hydrogen-bond donors (Lipinski definition) is 0. The van der Waals surface area contributed by atoms with Gasteiger partial charge in [-0.05, 0) is 63.7 Å². The monoisotopic (exact) mass is 276 g/mol. The quantitative estimate of drug-likeness (QED) is 0.646. The Morgan fingerprint density at radius 3 is 2.25 bits per heavy atom. The van der Waals surface area contributed by atoms with Crippen LogP contribution in [0.1, 0.15) is 43.1 Å². The minimum Gasteiger partial charge on any atom is -0.372 e. The van der Waals surface area contributed by atoms with Crippen molar-refractivity contribution >= 4 is 12.0 Å². The Morgan fingerprint density at radius 1 is 1.05 bits per heavy atom. The van der Waals surface area contributed by atoms with E-state index in [0.29, 0.717) is 0 Å². The SMILES string of the molecule is CCN(CC)CCCN(CC)c1ccc(C=O)c(C)c1. The molecule has 3 heteroatoms. The van der Waals surface area contributed by atoms with Crippen molar-refractivity contribution in [2.45, 2.75) is 34.1 Å². The minimum absolute atomic E-state index is 0.785. The maximum Gasteiger partial charge on any atom is 0.150 e. The van der Waals surface area contributed by atoms with Crippen LogP contribution in [0.15, 0.2) is 18.2 Å². The third-order valence-corrected chi connectivity index (χ3v) is 3.92. The standard InChI is InChI=1S/C17H28N2O/c1-5-18(6-2)11-8-12-19(7-3)17-10-9-16(14-20)15(4)13-17/h9-10,13-14H,5-8,11-12H2,1-4H3. The van der Waals surface area contributed by atoms with Crippen molar-refractivity contribution in [1.82, 2.24) is 4.90 Å². The third-order valence-electron chi connectivity index (χ3n) is 3.92. The smallest absolute Gasteiger partial charge is 0.150 e. The summed E-state index contributed by atoms with van der Waals surface area (Å²) in [6.45, 7) is 14.0. The number of rotatable bonds is 9. The summed E-state index contributed by atoms with van der Waals surface area (Å²) in [5.41, 5.74) is 3.06. The molecule has 112 valence electrons. The van der Waals surface area contributed by atoms with Crippen molar-refractivity contribution in [1.29, 1.82) is 0 Å². The normalized spacial score (nSPS) is 10.8. The molecule has 1 rings (SSSR count). The van der Waals surface area contributed by atoms with Gasteiger partial charge < -0.3 is 9.80 Å². The second-order valence-corrected chi connectivity index (χ2v) is 5.12. The number of anilines is 1. The topological polar surface area (TPSA) is 23.6 Å². The zero-order chi connectivity index (χ0) is 15.0. The molecule has 0 unspecified atom stereocenters. The molecule has 1 aromatic rings. The number of aryl methyl sites for hydroxylation is 1. The second-order valence-electron chi connectivity index (χ2n) is 5.12. The van der Waals surface area contributed by atoms with Gasteiger partial charge >= 0.3 is 0 Å². The molecular weight excluding hydrogens is 248 g/mol. The molecule has 0 atom stereocenters. The Morgan fingerprint density at radius 2 is 1.75 bits per heavy atom. The average molecular weight is 276 g/mol. The van der Waals surface area contributed by atoms with Crippen LogP contribution in [0.5, 0.6) is 0 Å². The third kappa shape index (κ3) is 4.64. The van der Waals surface area contributed by atoms with E-state index in [1.165, 1.54) is 12.1 Å². The summed E-state index contributed by atoms with van der Waals surface area (Å²) in [6, 6.07) is 6.09. The van der Waals surface area contributed by atoms with Crippen LogP contribution in [0.25, 0.3) is 0 Å². The summed E-state index contributed by atoms with van der Waals surface area (Å²) in [4.78, 5) is 15.7. The first-order chi connectivity index (χ1) is 9.65. The van der Waals surface area contributed by atoms with E-state index >= 15 is 0 Å². The van der Waals surface area contributed by atoms with E-state index in [1.807, 2.05) is 13.0 Å². The summed E-state index contributed by atoms with van der Waals surface area (Å²) in [6.07, 6.45) is 2.10. The van der Waals surface area contributed by atoms with Crippen molar-refractivity contribution < 1.29 is 4.79 Å². The van der Waals surface area contributed by atoms with Crippen molar-refractivity contribution in [2.75, 3.05) is 37.6 Å². The first kappa shape index (κ1) is 16.7. The molecule has 0 aliphatic rings. The van der Waals surface area contributed by atoms with Crippen molar-refractivity contribution in [3.8, 4) is 0 Å². The molecule has 20 heavy (non-hydrogen) atoms. The minimum atomic E-state index is 0.785. The van der Waals surface area contributed by atoms with E-state index < -0.39 is 0 Å². The van der Waals surface area contributed by atoms with E-state index in [4.69, 9.17) is 0 Å². The summed E-state index contributed by atoms with van der Waals surface area (Å²) < 4.78 is 0. The van der Waals surface area contributed by atoms with Gasteiger partial charge in [0.05, 0.1) is 0 Å². The van der Waals surface area contributed by atoms with Crippen LogP contribution in [0.4, 0.5) is 5.69 Å². The fraction of sp³-hybridized carbons (Fsp3) is 0.588. The predicted molar refractivity (Wildman–Crippen MR) is 86.9 cm³/mol. The number of hydrogen-bond acceptors (Lipinski definition) is 3. The Balaban J connectivity index is 2.62. The first-order valence-corrected chi connectivity index (χ1v) is 7.69. The Labute approximate surface area is 123 Å². The van der Waals surface area contributed by atoms with Gasteiger partial charge in [0.2, 0.25) is 0 Å². The molecule has 0 heterocycles. The van der Waals surface area contributed by atoms with E-state index in [9.17, 15) is 4.79 Å². The molecule has 1 aromatic carbocycles. The zero-order valence-corrected chi connectivity index (χ0v) is 13.4. The highest BCUT2D eigenvalue weighted by Gasteiger charge is 2.07. The number of carbonyl (C=O) groups excluding carboxylic acids is 1. The Hall–Kier alpha value is -1.35. The lowest BCUT2D eigenvalue weighted by atomic mass is 10.1. The van der Waals surface area contributed by atoms with Crippen molar-refractivity contribution in [3.63, 3.8) is 0 Å². The second kappa shape index (κ2) is 8.75.